The standard InChI is InChI=1S/C11H13N3OS/c1-3-8(7-12-5-1)10-13-14-11(16-10)9-4-2-6-15-9/h2,4,6,8,12H,1,3,5,7H2/t8-/m1/s1. The van der Waals surface area contributed by atoms with Crippen LogP contribution in [0.1, 0.15) is 23.8 Å². The lowest BCUT2D eigenvalue weighted by Crippen LogP contribution is -2.28. The molecule has 0 bridgehead atoms. The number of piperidine rings is 1. The topological polar surface area (TPSA) is 51.0 Å². The average Bonchev–Trinajstić information content (AvgIpc) is 3.01. The zero-order chi connectivity index (χ0) is 10.8. The van der Waals surface area contributed by atoms with Crippen LogP contribution in [0.5, 0.6) is 0 Å². The molecule has 0 radical (unpaired) electrons. The number of nitrogens with one attached hydrogen (secondary N) is 1. The van der Waals surface area contributed by atoms with Crippen molar-refractivity contribution in [1.29, 1.82) is 0 Å². The van der Waals surface area contributed by atoms with Crippen LogP contribution in [0.15, 0.2) is 22.8 Å². The van der Waals surface area contributed by atoms with E-state index in [-0.39, 0.29) is 0 Å². The van der Waals surface area contributed by atoms with Crippen molar-refractivity contribution in [3.05, 3.63) is 23.4 Å². The third-order valence-corrected chi connectivity index (χ3v) is 3.92. The molecule has 0 amide bonds. The number of furan rings is 1. The summed E-state index contributed by atoms with van der Waals surface area (Å²) in [5.74, 6) is 1.34. The Morgan fingerprint density at radius 3 is 3.19 bits per heavy atom. The Labute approximate surface area is 97.7 Å². The monoisotopic (exact) mass is 235 g/mol. The zero-order valence-electron chi connectivity index (χ0n) is 8.85. The molecule has 3 heterocycles. The van der Waals surface area contributed by atoms with Crippen molar-refractivity contribution in [2.24, 2.45) is 0 Å². The van der Waals surface area contributed by atoms with Gasteiger partial charge in [-0.25, -0.2) is 0 Å². The predicted octanol–water partition coefficient (Wildman–Crippen LogP) is 2.27. The molecule has 0 spiro atoms. The van der Waals surface area contributed by atoms with E-state index >= 15 is 0 Å². The van der Waals surface area contributed by atoms with E-state index in [1.807, 2.05) is 12.1 Å². The number of aromatic nitrogens is 2. The highest BCUT2D eigenvalue weighted by Gasteiger charge is 2.20. The van der Waals surface area contributed by atoms with Crippen LogP contribution in [-0.4, -0.2) is 23.3 Å². The predicted molar refractivity (Wildman–Crippen MR) is 62.5 cm³/mol. The summed E-state index contributed by atoms with van der Waals surface area (Å²) >= 11 is 1.64. The maximum atomic E-state index is 5.31. The van der Waals surface area contributed by atoms with Gasteiger partial charge in [-0.05, 0) is 31.5 Å². The molecule has 3 rings (SSSR count). The van der Waals surface area contributed by atoms with Crippen LogP contribution in [0, 0.1) is 0 Å². The van der Waals surface area contributed by atoms with E-state index in [0.29, 0.717) is 5.92 Å². The summed E-state index contributed by atoms with van der Waals surface area (Å²) in [6, 6.07) is 3.79. The Hall–Kier alpha value is -1.20. The van der Waals surface area contributed by atoms with Crippen molar-refractivity contribution in [3.63, 3.8) is 0 Å². The summed E-state index contributed by atoms with van der Waals surface area (Å²) in [6.07, 6.45) is 4.10. The normalized spacial score (nSPS) is 21.1. The van der Waals surface area contributed by atoms with Crippen molar-refractivity contribution < 1.29 is 4.42 Å². The Bertz CT molecular complexity index is 446. The Balaban J connectivity index is 1.82. The smallest absolute Gasteiger partial charge is 0.183 e. The number of nitrogens with zero attached hydrogens (tertiary/aromatic N) is 2. The fourth-order valence-corrected chi connectivity index (χ4v) is 2.91. The summed E-state index contributed by atoms with van der Waals surface area (Å²) < 4.78 is 5.31. The number of hydrogen-bond donors (Lipinski definition) is 1. The Kier molecular flexibility index (Phi) is 2.71. The molecule has 0 saturated carbocycles. The molecule has 4 nitrogen and oxygen atoms in total. The van der Waals surface area contributed by atoms with Gasteiger partial charge in [-0.15, -0.1) is 10.2 Å². The molecular weight excluding hydrogens is 222 g/mol. The molecule has 1 fully saturated rings. The third kappa shape index (κ3) is 1.88. The first kappa shape index (κ1) is 9.99. The second-order valence-electron chi connectivity index (χ2n) is 3.97. The van der Waals surface area contributed by atoms with Crippen LogP contribution >= 0.6 is 11.3 Å². The minimum Gasteiger partial charge on any atom is -0.462 e. The largest absolute Gasteiger partial charge is 0.462 e. The van der Waals surface area contributed by atoms with E-state index < -0.39 is 0 Å². The summed E-state index contributed by atoms with van der Waals surface area (Å²) in [5, 5.41) is 13.8. The highest BCUT2D eigenvalue weighted by molar-refractivity contribution is 7.14. The van der Waals surface area contributed by atoms with Gasteiger partial charge in [-0.3, -0.25) is 0 Å². The minimum absolute atomic E-state index is 0.523. The van der Waals surface area contributed by atoms with Gasteiger partial charge in [0.05, 0.1) is 6.26 Å². The molecule has 5 heteroatoms. The lowest BCUT2D eigenvalue weighted by Gasteiger charge is -2.19. The van der Waals surface area contributed by atoms with Crippen molar-refractivity contribution in [1.82, 2.24) is 15.5 Å². The molecule has 1 N–H and O–H groups in total. The van der Waals surface area contributed by atoms with Crippen molar-refractivity contribution >= 4 is 11.3 Å². The van der Waals surface area contributed by atoms with Crippen molar-refractivity contribution in [2.45, 2.75) is 18.8 Å². The lowest BCUT2D eigenvalue weighted by molar-refractivity contribution is 0.458. The molecule has 0 aromatic carbocycles. The van der Waals surface area contributed by atoms with Crippen LogP contribution in [0.25, 0.3) is 10.8 Å². The SMILES string of the molecule is c1coc(-c2nnc([C@@H]3CCCNC3)s2)c1. The van der Waals surface area contributed by atoms with Crippen molar-refractivity contribution in [3.8, 4) is 10.8 Å². The first-order chi connectivity index (χ1) is 7.93. The molecule has 1 aliphatic rings. The van der Waals surface area contributed by atoms with Gasteiger partial charge in [-0.1, -0.05) is 11.3 Å². The molecule has 84 valence electrons. The fraction of sp³-hybridized carbons (Fsp3) is 0.455. The third-order valence-electron chi connectivity index (χ3n) is 2.82. The molecule has 16 heavy (non-hydrogen) atoms. The van der Waals surface area contributed by atoms with Gasteiger partial charge in [0.1, 0.15) is 5.01 Å². The highest BCUT2D eigenvalue weighted by Crippen LogP contribution is 2.30. The van der Waals surface area contributed by atoms with Crippen LogP contribution in [0.3, 0.4) is 0 Å². The fourth-order valence-electron chi connectivity index (χ4n) is 1.96. The zero-order valence-corrected chi connectivity index (χ0v) is 9.67. The second kappa shape index (κ2) is 4.35. The van der Waals surface area contributed by atoms with Crippen LogP contribution < -0.4 is 5.32 Å². The van der Waals surface area contributed by atoms with Gasteiger partial charge in [0.25, 0.3) is 0 Å². The van der Waals surface area contributed by atoms with Gasteiger partial charge in [0.2, 0.25) is 0 Å². The summed E-state index contributed by atoms with van der Waals surface area (Å²) in [5.41, 5.74) is 0. The van der Waals surface area contributed by atoms with E-state index in [1.165, 1.54) is 12.8 Å². The molecule has 2 aromatic heterocycles. The Morgan fingerprint density at radius 1 is 1.44 bits per heavy atom. The number of hydrogen-bond acceptors (Lipinski definition) is 5. The molecule has 1 aliphatic heterocycles. The molecule has 0 aliphatic carbocycles. The first-order valence-corrected chi connectivity index (χ1v) is 6.33. The van der Waals surface area contributed by atoms with Gasteiger partial charge in [0, 0.05) is 12.5 Å². The van der Waals surface area contributed by atoms with Gasteiger partial charge in [-0.2, -0.15) is 0 Å². The maximum Gasteiger partial charge on any atom is 0.183 e. The molecule has 1 saturated heterocycles. The minimum atomic E-state index is 0.523. The van der Waals surface area contributed by atoms with E-state index in [4.69, 9.17) is 4.42 Å². The first-order valence-electron chi connectivity index (χ1n) is 5.51. The van der Waals surface area contributed by atoms with Crippen molar-refractivity contribution in [2.75, 3.05) is 13.1 Å². The average molecular weight is 235 g/mol. The summed E-state index contributed by atoms with van der Waals surface area (Å²) in [6.45, 7) is 2.15. The summed E-state index contributed by atoms with van der Waals surface area (Å²) in [7, 11) is 0. The second-order valence-corrected chi connectivity index (χ2v) is 4.98. The van der Waals surface area contributed by atoms with Gasteiger partial charge < -0.3 is 9.73 Å². The van der Waals surface area contributed by atoms with Crippen LogP contribution in [0.2, 0.25) is 0 Å². The van der Waals surface area contributed by atoms with Gasteiger partial charge in [0.15, 0.2) is 10.8 Å². The molecule has 0 unspecified atom stereocenters. The van der Waals surface area contributed by atoms with Crippen LogP contribution in [-0.2, 0) is 0 Å². The lowest BCUT2D eigenvalue weighted by atomic mass is 10.0. The number of rotatable bonds is 2. The molecule has 2 aromatic rings. The molecule has 1 atom stereocenters. The van der Waals surface area contributed by atoms with E-state index in [2.05, 4.69) is 15.5 Å². The van der Waals surface area contributed by atoms with Crippen LogP contribution in [0.4, 0.5) is 0 Å². The molecular formula is C11H13N3OS. The summed E-state index contributed by atoms with van der Waals surface area (Å²) in [4.78, 5) is 0. The highest BCUT2D eigenvalue weighted by atomic mass is 32.1. The van der Waals surface area contributed by atoms with E-state index in [9.17, 15) is 0 Å². The van der Waals surface area contributed by atoms with Gasteiger partial charge >= 0.3 is 0 Å². The maximum absolute atomic E-state index is 5.31. The van der Waals surface area contributed by atoms with E-state index in [0.717, 1.165) is 28.9 Å². The Morgan fingerprint density at radius 2 is 2.44 bits per heavy atom. The quantitative estimate of drug-likeness (QED) is 0.867. The van der Waals surface area contributed by atoms with E-state index in [1.54, 1.807) is 17.6 Å².